The monoisotopic (exact) mass is 233 g/mol. The van der Waals surface area contributed by atoms with E-state index < -0.39 is 0 Å². The van der Waals surface area contributed by atoms with Crippen LogP contribution < -0.4 is 0 Å². The van der Waals surface area contributed by atoms with Gasteiger partial charge >= 0.3 is 0 Å². The van der Waals surface area contributed by atoms with Gasteiger partial charge in [0.15, 0.2) is 5.76 Å². The second-order valence-electron chi connectivity index (χ2n) is 5.30. The van der Waals surface area contributed by atoms with Gasteiger partial charge in [-0.15, -0.1) is 0 Å². The van der Waals surface area contributed by atoms with Crippen LogP contribution >= 0.6 is 0 Å². The zero-order valence-electron chi connectivity index (χ0n) is 10.5. The van der Waals surface area contributed by atoms with Gasteiger partial charge in [-0.25, -0.2) is 0 Å². The highest BCUT2D eigenvalue weighted by Crippen LogP contribution is 2.45. The van der Waals surface area contributed by atoms with Crippen molar-refractivity contribution >= 4 is 5.76 Å². The lowest BCUT2D eigenvalue weighted by molar-refractivity contribution is 0.257. The lowest BCUT2D eigenvalue weighted by Gasteiger charge is -2.16. The number of ether oxygens (including phenoxy) is 1. The molecule has 0 N–H and O–H groups in total. The van der Waals surface area contributed by atoms with Gasteiger partial charge in [0.1, 0.15) is 5.76 Å². The highest BCUT2D eigenvalue weighted by atomic mass is 16.5. The van der Waals surface area contributed by atoms with E-state index in [0.29, 0.717) is 11.8 Å². The largest absolute Gasteiger partial charge is 0.493 e. The molecular formula is C14H19NO2. The Morgan fingerprint density at radius 1 is 1.35 bits per heavy atom. The molecule has 1 saturated carbocycles. The molecule has 0 aromatic carbocycles. The smallest absolute Gasteiger partial charge is 0.151 e. The molecule has 92 valence electrons. The minimum absolute atomic E-state index is 0.382. The molecule has 3 nitrogen and oxygen atoms in total. The number of hydrogen-bond acceptors (Lipinski definition) is 3. The second-order valence-corrected chi connectivity index (χ2v) is 5.30. The summed E-state index contributed by atoms with van der Waals surface area (Å²) in [7, 11) is 0. The molecule has 0 saturated heterocycles. The number of rotatable bonds is 3. The lowest BCUT2D eigenvalue weighted by atomic mass is 9.99. The molecule has 0 unspecified atom stereocenters. The van der Waals surface area contributed by atoms with Crippen molar-refractivity contribution < 1.29 is 9.26 Å². The Balaban J connectivity index is 2.04. The minimum atomic E-state index is 0.382. The molecule has 1 aliphatic carbocycles. The van der Waals surface area contributed by atoms with Gasteiger partial charge in [0.2, 0.25) is 0 Å². The summed E-state index contributed by atoms with van der Waals surface area (Å²) in [5.41, 5.74) is 2.21. The van der Waals surface area contributed by atoms with Gasteiger partial charge in [-0.1, -0.05) is 19.0 Å². The quantitative estimate of drug-likeness (QED) is 0.796. The van der Waals surface area contributed by atoms with Crippen LogP contribution in [-0.2, 0) is 4.74 Å². The molecule has 0 radical (unpaired) electrons. The third-order valence-corrected chi connectivity index (χ3v) is 3.42. The molecule has 2 aliphatic rings. The summed E-state index contributed by atoms with van der Waals surface area (Å²) in [5, 5.41) is 4.26. The number of aromatic nitrogens is 1. The summed E-state index contributed by atoms with van der Waals surface area (Å²) in [5.74, 6) is 3.02. The van der Waals surface area contributed by atoms with Gasteiger partial charge in [-0.2, -0.15) is 0 Å². The molecule has 0 amide bonds. The summed E-state index contributed by atoms with van der Waals surface area (Å²) in [6.07, 6.45) is 6.86. The van der Waals surface area contributed by atoms with Crippen LogP contribution in [0.1, 0.15) is 68.4 Å². The van der Waals surface area contributed by atoms with Crippen LogP contribution in [-0.4, -0.2) is 11.8 Å². The average Bonchev–Trinajstić information content (AvgIpc) is 3.08. The molecule has 0 bridgehead atoms. The van der Waals surface area contributed by atoms with E-state index in [9.17, 15) is 0 Å². The summed E-state index contributed by atoms with van der Waals surface area (Å²) in [4.78, 5) is 0. The summed E-state index contributed by atoms with van der Waals surface area (Å²) >= 11 is 0. The average molecular weight is 233 g/mol. The maximum atomic E-state index is 5.79. The Hall–Kier alpha value is -1.25. The van der Waals surface area contributed by atoms with Crippen molar-refractivity contribution in [1.82, 2.24) is 5.16 Å². The van der Waals surface area contributed by atoms with Gasteiger partial charge < -0.3 is 9.26 Å². The van der Waals surface area contributed by atoms with E-state index in [0.717, 1.165) is 42.2 Å². The molecule has 3 heteroatoms. The molecule has 1 aromatic heterocycles. The third kappa shape index (κ3) is 1.99. The van der Waals surface area contributed by atoms with E-state index in [1.807, 2.05) is 0 Å². The van der Waals surface area contributed by atoms with Crippen molar-refractivity contribution in [2.75, 3.05) is 6.61 Å². The molecule has 1 fully saturated rings. The number of hydrogen-bond donors (Lipinski definition) is 0. The highest BCUT2D eigenvalue weighted by Gasteiger charge is 2.34. The SMILES string of the molecule is CC(C)c1noc(C2CC2)c1C1=CCCCO1. The van der Waals surface area contributed by atoms with Crippen molar-refractivity contribution in [3.63, 3.8) is 0 Å². The maximum Gasteiger partial charge on any atom is 0.151 e. The Labute approximate surface area is 102 Å². The summed E-state index contributed by atoms with van der Waals surface area (Å²) < 4.78 is 11.4. The Bertz CT molecular complexity index is 422. The predicted molar refractivity (Wildman–Crippen MR) is 65.7 cm³/mol. The van der Waals surface area contributed by atoms with Crippen LogP contribution in [0.25, 0.3) is 5.76 Å². The Kier molecular flexibility index (Phi) is 2.69. The van der Waals surface area contributed by atoms with Crippen molar-refractivity contribution in [3.05, 3.63) is 23.1 Å². The molecule has 0 atom stereocenters. The standard InChI is InChI=1S/C14H19NO2/c1-9(2)13-12(11-5-3-4-8-16-11)14(17-15-13)10-6-7-10/h5,9-10H,3-4,6-8H2,1-2H3. The van der Waals surface area contributed by atoms with E-state index in [1.165, 1.54) is 12.8 Å². The second kappa shape index (κ2) is 4.21. The molecule has 0 spiro atoms. The minimum Gasteiger partial charge on any atom is -0.493 e. The molecule has 1 aromatic rings. The summed E-state index contributed by atoms with van der Waals surface area (Å²) in [6.45, 7) is 5.13. The fourth-order valence-electron chi connectivity index (χ4n) is 2.31. The van der Waals surface area contributed by atoms with Crippen molar-refractivity contribution in [1.29, 1.82) is 0 Å². The molecule has 2 heterocycles. The lowest BCUT2D eigenvalue weighted by Crippen LogP contribution is -2.04. The van der Waals surface area contributed by atoms with Gasteiger partial charge in [-0.05, 0) is 37.7 Å². The van der Waals surface area contributed by atoms with E-state index in [2.05, 4.69) is 25.1 Å². The highest BCUT2D eigenvalue weighted by molar-refractivity contribution is 5.65. The van der Waals surface area contributed by atoms with Gasteiger partial charge in [0, 0.05) is 5.92 Å². The van der Waals surface area contributed by atoms with E-state index in [-0.39, 0.29) is 0 Å². The summed E-state index contributed by atoms with van der Waals surface area (Å²) in [6, 6.07) is 0. The number of allylic oxidation sites excluding steroid dienone is 1. The third-order valence-electron chi connectivity index (χ3n) is 3.42. The first kappa shape index (κ1) is 10.9. The van der Waals surface area contributed by atoms with Crippen LogP contribution in [0, 0.1) is 0 Å². The Morgan fingerprint density at radius 3 is 2.76 bits per heavy atom. The van der Waals surface area contributed by atoms with E-state index in [1.54, 1.807) is 0 Å². The normalized spacial score (nSPS) is 20.3. The van der Waals surface area contributed by atoms with E-state index >= 15 is 0 Å². The van der Waals surface area contributed by atoms with Crippen LogP contribution in [0.15, 0.2) is 10.6 Å². The molecular weight excluding hydrogens is 214 g/mol. The van der Waals surface area contributed by atoms with Crippen molar-refractivity contribution in [2.24, 2.45) is 0 Å². The van der Waals surface area contributed by atoms with Crippen molar-refractivity contribution in [2.45, 2.75) is 51.4 Å². The zero-order valence-corrected chi connectivity index (χ0v) is 10.5. The fourth-order valence-corrected chi connectivity index (χ4v) is 2.31. The molecule has 3 rings (SSSR count). The van der Waals surface area contributed by atoms with Crippen LogP contribution in [0.2, 0.25) is 0 Å². The van der Waals surface area contributed by atoms with E-state index in [4.69, 9.17) is 9.26 Å². The van der Waals surface area contributed by atoms with Crippen LogP contribution in [0.3, 0.4) is 0 Å². The van der Waals surface area contributed by atoms with Gasteiger partial charge in [-0.3, -0.25) is 0 Å². The van der Waals surface area contributed by atoms with Crippen LogP contribution in [0.5, 0.6) is 0 Å². The molecule has 17 heavy (non-hydrogen) atoms. The van der Waals surface area contributed by atoms with Gasteiger partial charge in [0.05, 0.1) is 17.9 Å². The fraction of sp³-hybridized carbons (Fsp3) is 0.643. The van der Waals surface area contributed by atoms with Crippen molar-refractivity contribution in [3.8, 4) is 0 Å². The van der Waals surface area contributed by atoms with Gasteiger partial charge in [0.25, 0.3) is 0 Å². The number of nitrogens with zero attached hydrogens (tertiary/aromatic N) is 1. The Morgan fingerprint density at radius 2 is 2.18 bits per heavy atom. The first-order valence-corrected chi connectivity index (χ1v) is 6.60. The first-order chi connectivity index (χ1) is 8.27. The first-order valence-electron chi connectivity index (χ1n) is 6.60. The predicted octanol–water partition coefficient (Wildman–Crippen LogP) is 3.83. The maximum absolute atomic E-state index is 5.79. The molecule has 1 aliphatic heterocycles. The zero-order chi connectivity index (χ0) is 11.8. The van der Waals surface area contributed by atoms with Crippen LogP contribution in [0.4, 0.5) is 0 Å². The topological polar surface area (TPSA) is 35.3 Å².